The summed E-state index contributed by atoms with van der Waals surface area (Å²) in [5.41, 5.74) is 3.39. The molecule has 0 N–H and O–H groups in total. The molecule has 0 bridgehead atoms. The highest BCUT2D eigenvalue weighted by atomic mass is 79.9. The number of hydrogen-bond acceptors (Lipinski definition) is 2. The molecular weight excluding hydrogens is 268 g/mol. The third-order valence-corrected chi connectivity index (χ3v) is 2.85. The van der Waals surface area contributed by atoms with Crippen molar-refractivity contribution in [2.45, 2.75) is 13.8 Å². The standard InChI is InChI=1S/C12H11BrN2O/c1-8-5-9(2)15(14-8)12-4-3-11(13)6-10(12)7-16/h3-7H,1-2H3. The molecule has 0 unspecified atom stereocenters. The van der Waals surface area contributed by atoms with Crippen LogP contribution in [0.1, 0.15) is 21.7 Å². The quantitative estimate of drug-likeness (QED) is 0.792. The fraction of sp³-hybridized carbons (Fsp3) is 0.167. The van der Waals surface area contributed by atoms with Crippen molar-refractivity contribution < 1.29 is 4.79 Å². The van der Waals surface area contributed by atoms with Crippen LogP contribution in [0.4, 0.5) is 0 Å². The van der Waals surface area contributed by atoms with E-state index in [1.807, 2.05) is 32.0 Å². The zero-order chi connectivity index (χ0) is 11.7. The van der Waals surface area contributed by atoms with E-state index in [4.69, 9.17) is 0 Å². The van der Waals surface area contributed by atoms with Gasteiger partial charge in [-0.3, -0.25) is 4.79 Å². The monoisotopic (exact) mass is 278 g/mol. The number of rotatable bonds is 2. The number of halogens is 1. The Morgan fingerprint density at radius 3 is 2.62 bits per heavy atom. The molecule has 16 heavy (non-hydrogen) atoms. The van der Waals surface area contributed by atoms with Crippen molar-refractivity contribution in [3.63, 3.8) is 0 Å². The molecule has 0 amide bonds. The molecule has 1 aromatic carbocycles. The van der Waals surface area contributed by atoms with Crippen molar-refractivity contribution in [1.29, 1.82) is 0 Å². The van der Waals surface area contributed by atoms with E-state index in [9.17, 15) is 4.79 Å². The van der Waals surface area contributed by atoms with Gasteiger partial charge >= 0.3 is 0 Å². The molecule has 1 aromatic heterocycles. The summed E-state index contributed by atoms with van der Waals surface area (Å²) in [5, 5.41) is 4.36. The molecule has 0 saturated heterocycles. The summed E-state index contributed by atoms with van der Waals surface area (Å²) in [6.45, 7) is 3.90. The largest absolute Gasteiger partial charge is 0.298 e. The smallest absolute Gasteiger partial charge is 0.152 e. The summed E-state index contributed by atoms with van der Waals surface area (Å²) in [6, 6.07) is 7.56. The van der Waals surface area contributed by atoms with Gasteiger partial charge in [0.15, 0.2) is 6.29 Å². The summed E-state index contributed by atoms with van der Waals surface area (Å²) in [6.07, 6.45) is 0.844. The zero-order valence-electron chi connectivity index (χ0n) is 9.07. The van der Waals surface area contributed by atoms with Crippen LogP contribution >= 0.6 is 15.9 Å². The van der Waals surface area contributed by atoms with Crippen molar-refractivity contribution >= 4 is 22.2 Å². The van der Waals surface area contributed by atoms with Gasteiger partial charge in [-0.1, -0.05) is 15.9 Å². The zero-order valence-corrected chi connectivity index (χ0v) is 10.7. The van der Waals surface area contributed by atoms with Gasteiger partial charge in [0.1, 0.15) is 0 Å². The molecule has 4 heteroatoms. The van der Waals surface area contributed by atoms with E-state index in [0.29, 0.717) is 5.56 Å². The average Bonchev–Trinajstić information content (AvgIpc) is 2.57. The molecule has 0 atom stereocenters. The van der Waals surface area contributed by atoms with Crippen LogP contribution in [0.25, 0.3) is 5.69 Å². The summed E-state index contributed by atoms with van der Waals surface area (Å²) < 4.78 is 2.67. The van der Waals surface area contributed by atoms with Gasteiger partial charge in [-0.25, -0.2) is 4.68 Å². The number of carbonyl (C=O) groups is 1. The van der Waals surface area contributed by atoms with Gasteiger partial charge in [0.25, 0.3) is 0 Å². The molecule has 2 aromatic rings. The van der Waals surface area contributed by atoms with Gasteiger partial charge in [-0.05, 0) is 38.1 Å². The van der Waals surface area contributed by atoms with E-state index in [-0.39, 0.29) is 0 Å². The minimum atomic E-state index is 0.626. The number of aldehydes is 1. The number of nitrogens with zero attached hydrogens (tertiary/aromatic N) is 2. The van der Waals surface area contributed by atoms with Crippen molar-refractivity contribution in [2.24, 2.45) is 0 Å². The minimum absolute atomic E-state index is 0.626. The van der Waals surface area contributed by atoms with Gasteiger partial charge in [-0.2, -0.15) is 5.10 Å². The predicted octanol–water partition coefficient (Wildman–Crippen LogP) is 3.06. The number of aromatic nitrogens is 2. The highest BCUT2D eigenvalue weighted by molar-refractivity contribution is 9.10. The molecule has 0 radical (unpaired) electrons. The predicted molar refractivity (Wildman–Crippen MR) is 66.1 cm³/mol. The van der Waals surface area contributed by atoms with Crippen molar-refractivity contribution in [3.8, 4) is 5.69 Å². The van der Waals surface area contributed by atoms with E-state index in [2.05, 4.69) is 21.0 Å². The van der Waals surface area contributed by atoms with Crippen LogP contribution in [-0.4, -0.2) is 16.1 Å². The number of carbonyl (C=O) groups excluding carboxylic acids is 1. The highest BCUT2D eigenvalue weighted by Gasteiger charge is 2.08. The normalized spacial score (nSPS) is 10.4. The van der Waals surface area contributed by atoms with Gasteiger partial charge in [0, 0.05) is 15.7 Å². The second kappa shape index (κ2) is 4.22. The van der Waals surface area contributed by atoms with Crippen LogP contribution in [0.15, 0.2) is 28.7 Å². The van der Waals surface area contributed by atoms with E-state index in [1.165, 1.54) is 0 Å². The second-order valence-corrected chi connectivity index (χ2v) is 4.58. The Kier molecular flexibility index (Phi) is 2.92. The average molecular weight is 279 g/mol. The molecule has 2 rings (SSSR count). The van der Waals surface area contributed by atoms with Crippen molar-refractivity contribution in [1.82, 2.24) is 9.78 Å². The van der Waals surface area contributed by atoms with Crippen LogP contribution < -0.4 is 0 Å². The first-order valence-corrected chi connectivity index (χ1v) is 5.69. The number of aryl methyl sites for hydroxylation is 2. The van der Waals surface area contributed by atoms with E-state index >= 15 is 0 Å². The summed E-state index contributed by atoms with van der Waals surface area (Å²) in [4.78, 5) is 11.0. The molecule has 0 fully saturated rings. The fourth-order valence-electron chi connectivity index (χ4n) is 1.69. The first-order chi connectivity index (χ1) is 7.61. The van der Waals surface area contributed by atoms with Gasteiger partial charge in [0.2, 0.25) is 0 Å². The number of hydrogen-bond donors (Lipinski definition) is 0. The van der Waals surface area contributed by atoms with Crippen molar-refractivity contribution in [3.05, 3.63) is 45.7 Å². The van der Waals surface area contributed by atoms with Gasteiger partial charge in [-0.15, -0.1) is 0 Å². The molecular formula is C12H11BrN2O. The fourth-order valence-corrected chi connectivity index (χ4v) is 2.06. The van der Waals surface area contributed by atoms with Gasteiger partial charge in [0.05, 0.1) is 11.4 Å². The first-order valence-electron chi connectivity index (χ1n) is 4.90. The third kappa shape index (κ3) is 1.93. The third-order valence-electron chi connectivity index (χ3n) is 2.35. The number of benzene rings is 1. The Morgan fingerprint density at radius 1 is 1.31 bits per heavy atom. The van der Waals surface area contributed by atoms with Crippen LogP contribution in [-0.2, 0) is 0 Å². The van der Waals surface area contributed by atoms with Crippen LogP contribution in [0.2, 0.25) is 0 Å². The Balaban J connectivity index is 2.63. The van der Waals surface area contributed by atoms with Crippen molar-refractivity contribution in [2.75, 3.05) is 0 Å². The second-order valence-electron chi connectivity index (χ2n) is 3.66. The Labute approximate surface area is 102 Å². The lowest BCUT2D eigenvalue weighted by Crippen LogP contribution is -2.02. The lowest BCUT2D eigenvalue weighted by atomic mass is 10.2. The summed E-state index contributed by atoms with van der Waals surface area (Å²) in [7, 11) is 0. The Morgan fingerprint density at radius 2 is 2.06 bits per heavy atom. The maximum absolute atomic E-state index is 11.0. The molecule has 0 spiro atoms. The van der Waals surface area contributed by atoms with E-state index in [0.717, 1.165) is 27.8 Å². The molecule has 0 aliphatic carbocycles. The molecule has 0 aliphatic heterocycles. The molecule has 82 valence electrons. The Hall–Kier alpha value is -1.42. The summed E-state index contributed by atoms with van der Waals surface area (Å²) in [5.74, 6) is 0. The maximum atomic E-state index is 11.0. The van der Waals surface area contributed by atoms with E-state index in [1.54, 1.807) is 10.7 Å². The van der Waals surface area contributed by atoms with E-state index < -0.39 is 0 Å². The van der Waals surface area contributed by atoms with Gasteiger partial charge < -0.3 is 0 Å². The summed E-state index contributed by atoms with van der Waals surface area (Å²) >= 11 is 3.34. The molecule has 0 aliphatic rings. The molecule has 0 saturated carbocycles. The maximum Gasteiger partial charge on any atom is 0.152 e. The SMILES string of the molecule is Cc1cc(C)n(-c2ccc(Br)cc2C=O)n1. The Bertz CT molecular complexity index is 546. The van der Waals surface area contributed by atoms with Crippen LogP contribution in [0, 0.1) is 13.8 Å². The van der Waals surface area contributed by atoms with Crippen LogP contribution in [0.5, 0.6) is 0 Å². The first kappa shape index (κ1) is 11.1. The topological polar surface area (TPSA) is 34.9 Å². The lowest BCUT2D eigenvalue weighted by Gasteiger charge is -2.07. The molecule has 3 nitrogen and oxygen atoms in total. The lowest BCUT2D eigenvalue weighted by molar-refractivity contribution is 0.112. The minimum Gasteiger partial charge on any atom is -0.298 e. The molecule has 1 heterocycles. The van der Waals surface area contributed by atoms with Crippen LogP contribution in [0.3, 0.4) is 0 Å². The highest BCUT2D eigenvalue weighted by Crippen LogP contribution is 2.20.